The Morgan fingerprint density at radius 2 is 1.91 bits per heavy atom. The van der Waals surface area contributed by atoms with Gasteiger partial charge in [-0.1, -0.05) is 24.3 Å². The van der Waals surface area contributed by atoms with Gasteiger partial charge < -0.3 is 10.2 Å². The smallest absolute Gasteiger partial charge is 0.285 e. The molecule has 1 aromatic heterocycles. The van der Waals surface area contributed by atoms with E-state index in [0.717, 1.165) is 24.1 Å². The molecule has 1 amide bonds. The number of likely N-dealkylation sites (tertiary alicyclic amines) is 1. The summed E-state index contributed by atoms with van der Waals surface area (Å²) in [6, 6.07) is 16.6. The monoisotopic (exact) mass is 449 g/mol. The molecule has 1 atom stereocenters. The first kappa shape index (κ1) is 20.4. The summed E-state index contributed by atoms with van der Waals surface area (Å²) in [4.78, 5) is 15.0. The van der Waals surface area contributed by atoms with Crippen LogP contribution in [0.1, 0.15) is 24.0 Å². The lowest BCUT2D eigenvalue weighted by atomic mass is 9.96. The number of carbonyl (C=O) groups is 1. The van der Waals surface area contributed by atoms with Crippen LogP contribution >= 0.6 is 0 Å². The average Bonchev–Trinajstić information content (AvgIpc) is 3.45. The van der Waals surface area contributed by atoms with Gasteiger partial charge in [-0.05, 0) is 48.7 Å². The summed E-state index contributed by atoms with van der Waals surface area (Å²) >= 11 is 0. The number of fused-ring (bicyclic) bond motifs is 1. The molecule has 0 bridgehead atoms. The highest BCUT2D eigenvalue weighted by molar-refractivity contribution is 7.90. The molecule has 8 nitrogen and oxygen atoms in total. The van der Waals surface area contributed by atoms with Crippen LogP contribution in [0.4, 0.5) is 0 Å². The van der Waals surface area contributed by atoms with Gasteiger partial charge in [0.25, 0.3) is 10.0 Å². The molecule has 2 aromatic carbocycles. The minimum Gasteiger partial charge on any atom is -0.355 e. The van der Waals surface area contributed by atoms with Gasteiger partial charge >= 0.3 is 0 Å². The minimum absolute atomic E-state index is 0.0272. The van der Waals surface area contributed by atoms with Crippen LogP contribution in [0.15, 0.2) is 76.3 Å². The van der Waals surface area contributed by atoms with Gasteiger partial charge in [0.05, 0.1) is 11.6 Å². The summed E-state index contributed by atoms with van der Waals surface area (Å²) in [5.41, 5.74) is 2.58. The minimum atomic E-state index is -3.67. The van der Waals surface area contributed by atoms with Gasteiger partial charge in [-0.15, -0.1) is 4.40 Å². The lowest BCUT2D eigenvalue weighted by molar-refractivity contribution is -0.126. The van der Waals surface area contributed by atoms with Crippen LogP contribution in [0.3, 0.4) is 0 Å². The van der Waals surface area contributed by atoms with Crippen molar-refractivity contribution in [2.75, 3.05) is 13.1 Å². The van der Waals surface area contributed by atoms with E-state index in [-0.39, 0.29) is 16.7 Å². The van der Waals surface area contributed by atoms with Crippen LogP contribution in [-0.4, -0.2) is 47.9 Å². The molecule has 0 radical (unpaired) electrons. The lowest BCUT2D eigenvalue weighted by Crippen LogP contribution is -2.45. The van der Waals surface area contributed by atoms with Gasteiger partial charge in [-0.25, -0.2) is 4.68 Å². The molecule has 9 heteroatoms. The summed E-state index contributed by atoms with van der Waals surface area (Å²) in [5.74, 6) is 0.207. The molecule has 2 aliphatic heterocycles. The van der Waals surface area contributed by atoms with Crippen LogP contribution in [0.2, 0.25) is 0 Å². The Labute approximate surface area is 186 Å². The third-order valence-corrected chi connectivity index (χ3v) is 7.20. The second-order valence-corrected chi connectivity index (χ2v) is 9.58. The maximum atomic E-state index is 12.8. The Hall–Kier alpha value is -3.46. The van der Waals surface area contributed by atoms with Gasteiger partial charge in [0.1, 0.15) is 4.90 Å². The molecule has 0 saturated carbocycles. The second-order valence-electron chi connectivity index (χ2n) is 8.01. The molecule has 3 heterocycles. The number of hydrogen-bond donors (Lipinski definition) is 1. The molecule has 164 valence electrons. The maximum absolute atomic E-state index is 12.8. The molecular formula is C23H23N5O3S. The van der Waals surface area contributed by atoms with E-state index in [0.29, 0.717) is 31.0 Å². The Kier molecular flexibility index (Phi) is 5.26. The van der Waals surface area contributed by atoms with Crippen molar-refractivity contribution in [3.8, 4) is 5.69 Å². The number of sulfonamides is 1. The van der Waals surface area contributed by atoms with Crippen LogP contribution in [0.5, 0.6) is 0 Å². The number of nitrogens with one attached hydrogen (secondary N) is 1. The molecule has 0 aliphatic carbocycles. The average molecular weight is 450 g/mol. The third kappa shape index (κ3) is 3.91. The molecular weight excluding hydrogens is 426 g/mol. The van der Waals surface area contributed by atoms with E-state index >= 15 is 0 Å². The molecule has 1 N–H and O–H groups in total. The zero-order valence-electron chi connectivity index (χ0n) is 17.4. The Balaban J connectivity index is 1.23. The SMILES string of the molecule is O=C(NCc1ccc(-n2cccn2)cc1)C1CCCN(C2=NS(=O)(=O)c3ccccc32)C1. The fourth-order valence-electron chi connectivity index (χ4n) is 4.22. The first-order chi connectivity index (χ1) is 15.5. The molecule has 1 fully saturated rings. The quantitative estimate of drug-likeness (QED) is 0.660. The van der Waals surface area contributed by atoms with Crippen LogP contribution in [0.25, 0.3) is 5.69 Å². The standard InChI is InChI=1S/C23H23N5O3S/c29-23(24-15-17-8-10-19(11-9-17)28-14-4-12-25-28)18-5-3-13-27(16-18)22-20-6-1-2-7-21(20)32(30,31)26-22/h1-2,4,6-12,14,18H,3,5,13,15-16H2,(H,24,29). The van der Waals surface area contributed by atoms with Crippen molar-refractivity contribution < 1.29 is 13.2 Å². The molecule has 5 rings (SSSR count). The Bertz CT molecular complexity index is 1270. The van der Waals surface area contributed by atoms with Crippen molar-refractivity contribution >= 4 is 21.8 Å². The highest BCUT2D eigenvalue weighted by atomic mass is 32.2. The molecule has 1 unspecified atom stereocenters. The molecule has 3 aromatic rings. The lowest BCUT2D eigenvalue weighted by Gasteiger charge is -2.33. The third-order valence-electron chi connectivity index (χ3n) is 5.88. The van der Waals surface area contributed by atoms with Crippen molar-refractivity contribution in [3.05, 3.63) is 78.1 Å². The van der Waals surface area contributed by atoms with E-state index in [9.17, 15) is 13.2 Å². The van der Waals surface area contributed by atoms with Crippen LogP contribution in [0, 0.1) is 5.92 Å². The molecule has 2 aliphatic rings. The van der Waals surface area contributed by atoms with Crippen molar-refractivity contribution in [2.45, 2.75) is 24.3 Å². The number of amides is 1. The summed E-state index contributed by atoms with van der Waals surface area (Å²) in [6.45, 7) is 1.57. The summed E-state index contributed by atoms with van der Waals surface area (Å²) in [7, 11) is -3.67. The molecule has 1 saturated heterocycles. The van der Waals surface area contributed by atoms with E-state index in [2.05, 4.69) is 14.8 Å². The van der Waals surface area contributed by atoms with Gasteiger partial charge in [0, 0.05) is 37.6 Å². The van der Waals surface area contributed by atoms with Gasteiger partial charge in [-0.2, -0.15) is 13.5 Å². The van der Waals surface area contributed by atoms with E-state index < -0.39 is 10.0 Å². The van der Waals surface area contributed by atoms with E-state index in [4.69, 9.17) is 0 Å². The summed E-state index contributed by atoms with van der Waals surface area (Å²) in [5, 5.41) is 7.23. The number of aromatic nitrogens is 2. The first-order valence-corrected chi connectivity index (χ1v) is 12.0. The zero-order chi connectivity index (χ0) is 22.1. The number of rotatable bonds is 4. The fourth-order valence-corrected chi connectivity index (χ4v) is 5.45. The van der Waals surface area contributed by atoms with E-state index in [1.54, 1.807) is 35.1 Å². The van der Waals surface area contributed by atoms with Crippen molar-refractivity contribution in [3.63, 3.8) is 0 Å². The number of benzene rings is 2. The number of carbonyl (C=O) groups excluding carboxylic acids is 1. The van der Waals surface area contributed by atoms with Crippen LogP contribution in [-0.2, 0) is 21.4 Å². The number of hydrogen-bond acceptors (Lipinski definition) is 5. The van der Waals surface area contributed by atoms with Gasteiger partial charge in [0.15, 0.2) is 5.84 Å². The summed E-state index contributed by atoms with van der Waals surface area (Å²) in [6.07, 6.45) is 5.18. The molecule has 0 spiro atoms. The van der Waals surface area contributed by atoms with Gasteiger partial charge in [0.2, 0.25) is 5.91 Å². The van der Waals surface area contributed by atoms with Crippen molar-refractivity contribution in [2.24, 2.45) is 10.3 Å². The van der Waals surface area contributed by atoms with Crippen LogP contribution < -0.4 is 5.32 Å². The topological polar surface area (TPSA) is 96.7 Å². The largest absolute Gasteiger partial charge is 0.355 e. The normalized spacial score (nSPS) is 19.3. The summed E-state index contributed by atoms with van der Waals surface area (Å²) < 4.78 is 30.5. The number of nitrogens with zero attached hydrogens (tertiary/aromatic N) is 4. The molecule has 32 heavy (non-hydrogen) atoms. The van der Waals surface area contributed by atoms with E-state index in [1.807, 2.05) is 41.4 Å². The van der Waals surface area contributed by atoms with Gasteiger partial charge in [-0.3, -0.25) is 4.79 Å². The fraction of sp³-hybridized carbons (Fsp3) is 0.261. The maximum Gasteiger partial charge on any atom is 0.285 e. The van der Waals surface area contributed by atoms with Crippen molar-refractivity contribution in [1.82, 2.24) is 20.0 Å². The Morgan fingerprint density at radius 1 is 1.09 bits per heavy atom. The zero-order valence-corrected chi connectivity index (χ0v) is 18.2. The number of piperidine rings is 1. The second kappa shape index (κ2) is 8.23. The first-order valence-electron chi connectivity index (χ1n) is 10.6. The highest BCUT2D eigenvalue weighted by Gasteiger charge is 2.35. The predicted octanol–water partition coefficient (Wildman–Crippen LogP) is 2.35. The number of amidine groups is 1. The Morgan fingerprint density at radius 3 is 2.69 bits per heavy atom. The van der Waals surface area contributed by atoms with Crippen molar-refractivity contribution in [1.29, 1.82) is 0 Å². The highest BCUT2D eigenvalue weighted by Crippen LogP contribution is 2.29. The van der Waals surface area contributed by atoms with E-state index in [1.165, 1.54) is 0 Å². The predicted molar refractivity (Wildman–Crippen MR) is 120 cm³/mol.